The average molecular weight is 446 g/mol. The van der Waals surface area contributed by atoms with Crippen LogP contribution in [0.1, 0.15) is 60.8 Å². The van der Waals surface area contributed by atoms with Crippen LogP contribution in [-0.4, -0.2) is 52.7 Å². The van der Waals surface area contributed by atoms with Crippen molar-refractivity contribution in [3.05, 3.63) is 11.1 Å². The molecule has 0 aromatic carbocycles. The van der Waals surface area contributed by atoms with E-state index < -0.39 is 64.0 Å². The quantitative estimate of drug-likeness (QED) is 0.636. The van der Waals surface area contributed by atoms with E-state index in [-0.39, 0.29) is 35.7 Å². The zero-order chi connectivity index (χ0) is 24.0. The Kier molecular flexibility index (Phi) is 4.87. The molecule has 0 aromatic heterocycles. The molecule has 8 heteroatoms. The summed E-state index contributed by atoms with van der Waals surface area (Å²) in [5.41, 5.74) is -3.16. The molecule has 32 heavy (non-hydrogen) atoms. The molecule has 0 aliphatic heterocycles. The number of hydrogen-bond donors (Lipinski definition) is 1. The molecule has 0 radical (unpaired) electrons. The summed E-state index contributed by atoms with van der Waals surface area (Å²) in [7, 11) is 0. The van der Waals surface area contributed by atoms with E-state index in [1.807, 2.05) is 0 Å². The predicted molar refractivity (Wildman–Crippen MR) is 110 cm³/mol. The van der Waals surface area contributed by atoms with Gasteiger partial charge in [-0.25, -0.2) is 0 Å². The summed E-state index contributed by atoms with van der Waals surface area (Å²) in [5.74, 6) is -3.21. The molecule has 7 unspecified atom stereocenters. The summed E-state index contributed by atoms with van der Waals surface area (Å²) >= 11 is 0. The van der Waals surface area contributed by atoms with E-state index in [1.54, 1.807) is 27.7 Å². The van der Waals surface area contributed by atoms with Gasteiger partial charge in [0.15, 0.2) is 11.9 Å². The molecular weight excluding hydrogens is 416 g/mol. The largest absolute Gasteiger partial charge is 0.459 e. The summed E-state index contributed by atoms with van der Waals surface area (Å²) in [6, 6.07) is 0. The number of aliphatic hydroxyl groups is 1. The van der Waals surface area contributed by atoms with Gasteiger partial charge in [-0.1, -0.05) is 27.7 Å². The van der Waals surface area contributed by atoms with Crippen LogP contribution >= 0.6 is 0 Å². The molecular formula is C24H30O8. The van der Waals surface area contributed by atoms with Gasteiger partial charge in [-0.3, -0.25) is 24.0 Å². The van der Waals surface area contributed by atoms with Crippen LogP contribution in [0.2, 0.25) is 0 Å². The van der Waals surface area contributed by atoms with Gasteiger partial charge in [0.2, 0.25) is 5.78 Å². The molecule has 0 amide bonds. The van der Waals surface area contributed by atoms with Gasteiger partial charge in [-0.05, 0) is 18.8 Å². The number of carbonyl (C=O) groups excluding carboxylic acids is 5. The highest BCUT2D eigenvalue weighted by atomic mass is 16.6. The maximum atomic E-state index is 13.9. The third kappa shape index (κ3) is 2.74. The van der Waals surface area contributed by atoms with Gasteiger partial charge in [0.1, 0.15) is 18.0 Å². The molecule has 0 bridgehead atoms. The Morgan fingerprint density at radius 1 is 1.03 bits per heavy atom. The molecule has 2 fully saturated rings. The monoisotopic (exact) mass is 446 g/mol. The molecule has 2 saturated carbocycles. The standard InChI is InChI=1S/C24H30O8/c1-10-9-24(10)20(30)14-15(17(29)21(24)32-12(3)26)23(6)8-7-13(27)22(4,5)19(23)18(16(14)28)31-11(2)25/h10,16,18-19,21,28H,7-9H2,1-6H3. The highest BCUT2D eigenvalue weighted by Gasteiger charge is 2.74. The summed E-state index contributed by atoms with van der Waals surface area (Å²) in [6.45, 7) is 9.43. The second-order valence-corrected chi connectivity index (χ2v) is 10.7. The number of Topliss-reactive ketones (excluding diaryl/α,β-unsaturated/α-hetero) is 3. The van der Waals surface area contributed by atoms with E-state index >= 15 is 0 Å². The van der Waals surface area contributed by atoms with Crippen LogP contribution in [0, 0.1) is 28.1 Å². The predicted octanol–water partition coefficient (Wildman–Crippen LogP) is 1.71. The van der Waals surface area contributed by atoms with Gasteiger partial charge < -0.3 is 14.6 Å². The van der Waals surface area contributed by atoms with Crippen LogP contribution in [0.3, 0.4) is 0 Å². The Morgan fingerprint density at radius 3 is 2.09 bits per heavy atom. The van der Waals surface area contributed by atoms with Crippen molar-refractivity contribution in [3.8, 4) is 0 Å². The van der Waals surface area contributed by atoms with Crippen LogP contribution in [0.15, 0.2) is 11.1 Å². The van der Waals surface area contributed by atoms with E-state index in [1.165, 1.54) is 13.8 Å². The Morgan fingerprint density at radius 2 is 1.59 bits per heavy atom. The zero-order valence-electron chi connectivity index (χ0n) is 19.3. The Hall–Kier alpha value is -2.35. The van der Waals surface area contributed by atoms with Gasteiger partial charge in [-0.15, -0.1) is 0 Å². The van der Waals surface area contributed by atoms with Gasteiger partial charge in [0.25, 0.3) is 0 Å². The van der Waals surface area contributed by atoms with Crippen LogP contribution in [0.4, 0.5) is 0 Å². The zero-order valence-corrected chi connectivity index (χ0v) is 19.3. The Bertz CT molecular complexity index is 990. The van der Waals surface area contributed by atoms with Crippen molar-refractivity contribution in [1.82, 2.24) is 0 Å². The fraction of sp³-hybridized carbons (Fsp3) is 0.708. The molecule has 4 aliphatic rings. The molecule has 4 aliphatic carbocycles. The summed E-state index contributed by atoms with van der Waals surface area (Å²) in [6.07, 6.45) is -3.14. The number of fused-ring (bicyclic) bond motifs is 2. The number of hydrogen-bond acceptors (Lipinski definition) is 8. The highest BCUT2D eigenvalue weighted by Crippen LogP contribution is 2.66. The normalized spacial score (nSPS) is 42.3. The van der Waals surface area contributed by atoms with Crippen LogP contribution in [-0.2, 0) is 33.4 Å². The minimum absolute atomic E-state index is 0.0436. The number of esters is 2. The van der Waals surface area contributed by atoms with Gasteiger partial charge in [0, 0.05) is 48.2 Å². The summed E-state index contributed by atoms with van der Waals surface area (Å²) in [5, 5.41) is 11.4. The summed E-state index contributed by atoms with van der Waals surface area (Å²) < 4.78 is 11.0. The van der Waals surface area contributed by atoms with Crippen molar-refractivity contribution in [1.29, 1.82) is 0 Å². The van der Waals surface area contributed by atoms with Crippen molar-refractivity contribution in [2.24, 2.45) is 28.1 Å². The maximum Gasteiger partial charge on any atom is 0.303 e. The fourth-order valence-corrected chi connectivity index (χ4v) is 6.85. The summed E-state index contributed by atoms with van der Waals surface area (Å²) in [4.78, 5) is 64.3. The van der Waals surface area contributed by atoms with E-state index in [9.17, 15) is 29.1 Å². The van der Waals surface area contributed by atoms with Gasteiger partial charge in [0.05, 0.1) is 5.41 Å². The topological polar surface area (TPSA) is 124 Å². The van der Waals surface area contributed by atoms with E-state index in [4.69, 9.17) is 9.47 Å². The molecule has 0 aromatic rings. The van der Waals surface area contributed by atoms with Crippen molar-refractivity contribution < 1.29 is 38.6 Å². The SMILES string of the molecule is CC(=O)OC1C(O)C2=C(C(=O)C(OC(C)=O)C3(CC3C)C2=O)C2(C)CCC(=O)C(C)(C)C12. The number of aliphatic hydroxyl groups excluding tert-OH is 1. The average Bonchev–Trinajstić information content (AvgIpc) is 3.34. The van der Waals surface area contributed by atoms with Gasteiger partial charge in [-0.2, -0.15) is 0 Å². The minimum atomic E-state index is -1.54. The Balaban J connectivity index is 1.98. The van der Waals surface area contributed by atoms with Crippen molar-refractivity contribution >= 4 is 29.3 Å². The molecule has 8 nitrogen and oxygen atoms in total. The number of carbonyl (C=O) groups is 5. The lowest BCUT2D eigenvalue weighted by atomic mass is 9.46. The lowest BCUT2D eigenvalue weighted by Gasteiger charge is -2.58. The fourth-order valence-electron chi connectivity index (χ4n) is 6.85. The van der Waals surface area contributed by atoms with Crippen molar-refractivity contribution in [3.63, 3.8) is 0 Å². The first-order valence-electron chi connectivity index (χ1n) is 11.1. The van der Waals surface area contributed by atoms with E-state index in [0.717, 1.165) is 0 Å². The first-order chi connectivity index (χ1) is 14.7. The number of ether oxygens (including phenoxy) is 2. The first-order valence-corrected chi connectivity index (χ1v) is 11.1. The molecule has 0 heterocycles. The second-order valence-electron chi connectivity index (χ2n) is 10.7. The van der Waals surface area contributed by atoms with Crippen LogP contribution in [0.5, 0.6) is 0 Å². The molecule has 4 rings (SSSR count). The minimum Gasteiger partial charge on any atom is -0.459 e. The molecule has 0 saturated heterocycles. The molecule has 7 atom stereocenters. The third-order valence-corrected chi connectivity index (χ3v) is 8.40. The van der Waals surface area contributed by atoms with Crippen LogP contribution < -0.4 is 0 Å². The van der Waals surface area contributed by atoms with Crippen molar-refractivity contribution in [2.45, 2.75) is 79.1 Å². The highest BCUT2D eigenvalue weighted by molar-refractivity contribution is 6.20. The van der Waals surface area contributed by atoms with Gasteiger partial charge >= 0.3 is 11.9 Å². The lowest BCUT2D eigenvalue weighted by molar-refractivity contribution is -0.182. The molecule has 174 valence electrons. The van der Waals surface area contributed by atoms with E-state index in [0.29, 0.717) is 6.42 Å². The second kappa shape index (κ2) is 6.83. The third-order valence-electron chi connectivity index (χ3n) is 8.40. The lowest BCUT2D eigenvalue weighted by Crippen LogP contribution is -2.65. The molecule has 1 spiro atoms. The molecule has 1 N–H and O–H groups in total. The first kappa shape index (κ1) is 22.8. The van der Waals surface area contributed by atoms with Crippen LogP contribution in [0.25, 0.3) is 0 Å². The number of ketones is 3. The van der Waals surface area contributed by atoms with E-state index in [2.05, 4.69) is 0 Å². The number of rotatable bonds is 2. The van der Waals surface area contributed by atoms with Crippen molar-refractivity contribution in [2.75, 3.05) is 0 Å². The smallest absolute Gasteiger partial charge is 0.303 e. The maximum absolute atomic E-state index is 13.9. The Labute approximate surface area is 186 Å².